The Hall–Kier alpha value is -0.540. The highest BCUT2D eigenvalue weighted by Crippen LogP contribution is 2.26. The van der Waals surface area contributed by atoms with Crippen molar-refractivity contribution in [1.82, 2.24) is 9.21 Å². The first-order valence-corrected chi connectivity index (χ1v) is 9.44. The van der Waals surface area contributed by atoms with Crippen LogP contribution in [0.3, 0.4) is 0 Å². The maximum absolute atomic E-state index is 12.6. The zero-order valence-corrected chi connectivity index (χ0v) is 14.9. The third kappa shape index (κ3) is 3.62. The van der Waals surface area contributed by atoms with E-state index in [9.17, 15) is 8.42 Å². The number of thiophene rings is 1. The highest BCUT2D eigenvalue weighted by atomic mass is 32.2. The predicted octanol–water partition coefficient (Wildman–Crippen LogP) is 1.49. The summed E-state index contributed by atoms with van der Waals surface area (Å²) < 4.78 is 27.1. The third-order valence-corrected chi connectivity index (χ3v) is 7.44. The molecule has 1 aromatic heterocycles. The molecule has 2 rings (SSSR count). The van der Waals surface area contributed by atoms with Crippen LogP contribution in [0.4, 0.5) is 0 Å². The second-order valence-corrected chi connectivity index (χ2v) is 9.73. The molecule has 2 heterocycles. The van der Waals surface area contributed by atoms with Crippen LogP contribution < -0.4 is 5.73 Å². The molecule has 1 aliphatic heterocycles. The van der Waals surface area contributed by atoms with Gasteiger partial charge in [0.05, 0.1) is 4.88 Å². The summed E-state index contributed by atoms with van der Waals surface area (Å²) in [6.45, 7) is 8.95. The number of nitrogens with two attached hydrogens (primary N) is 1. The summed E-state index contributed by atoms with van der Waals surface area (Å²) in [6.07, 6.45) is 0. The van der Waals surface area contributed by atoms with Crippen molar-refractivity contribution in [3.05, 3.63) is 17.0 Å². The molecule has 0 spiro atoms. The molecular weight excluding hydrogens is 326 g/mol. The monoisotopic (exact) mass is 347 g/mol. The van der Waals surface area contributed by atoms with Gasteiger partial charge >= 0.3 is 0 Å². The lowest BCUT2D eigenvalue weighted by Crippen LogP contribution is -2.54. The van der Waals surface area contributed by atoms with E-state index in [4.69, 9.17) is 18.0 Å². The lowest BCUT2D eigenvalue weighted by atomic mass is 10.1. The molecule has 1 saturated heterocycles. The number of piperazine rings is 1. The molecule has 1 fully saturated rings. The van der Waals surface area contributed by atoms with Gasteiger partial charge in [-0.05, 0) is 32.9 Å². The van der Waals surface area contributed by atoms with E-state index in [1.165, 1.54) is 0 Å². The van der Waals surface area contributed by atoms with Crippen LogP contribution >= 0.6 is 23.6 Å². The van der Waals surface area contributed by atoms with E-state index in [-0.39, 0.29) is 10.5 Å². The van der Waals surface area contributed by atoms with Gasteiger partial charge in [-0.2, -0.15) is 4.31 Å². The van der Waals surface area contributed by atoms with Gasteiger partial charge in [-0.3, -0.25) is 4.90 Å². The van der Waals surface area contributed by atoms with Crippen LogP contribution in [0.2, 0.25) is 0 Å². The molecule has 0 saturated carbocycles. The molecular formula is C13H21N3O2S3. The molecule has 0 unspecified atom stereocenters. The van der Waals surface area contributed by atoms with Crippen molar-refractivity contribution in [1.29, 1.82) is 0 Å². The van der Waals surface area contributed by atoms with E-state index in [1.54, 1.807) is 16.4 Å². The van der Waals surface area contributed by atoms with Crippen molar-refractivity contribution in [2.75, 3.05) is 26.2 Å². The number of hydrogen-bond acceptors (Lipinski definition) is 5. The van der Waals surface area contributed by atoms with Crippen LogP contribution in [0.5, 0.6) is 0 Å². The number of hydrogen-bond donors (Lipinski definition) is 1. The molecule has 0 amide bonds. The van der Waals surface area contributed by atoms with E-state index in [0.29, 0.717) is 22.2 Å². The Labute approximate surface area is 135 Å². The van der Waals surface area contributed by atoms with Crippen molar-refractivity contribution in [3.63, 3.8) is 0 Å². The van der Waals surface area contributed by atoms with Crippen molar-refractivity contribution in [2.45, 2.75) is 30.5 Å². The molecule has 118 valence electrons. The summed E-state index contributed by atoms with van der Waals surface area (Å²) in [5.74, 6) is 0. The minimum absolute atomic E-state index is 0.0672. The van der Waals surface area contributed by atoms with E-state index in [1.807, 2.05) is 0 Å². The second kappa shape index (κ2) is 5.92. The van der Waals surface area contributed by atoms with Gasteiger partial charge in [0.15, 0.2) is 0 Å². The Kier molecular flexibility index (Phi) is 4.75. The van der Waals surface area contributed by atoms with Gasteiger partial charge in [-0.15, -0.1) is 11.3 Å². The Morgan fingerprint density at radius 3 is 2.24 bits per heavy atom. The zero-order chi connectivity index (χ0) is 15.8. The largest absolute Gasteiger partial charge is 0.389 e. The van der Waals surface area contributed by atoms with Crippen molar-refractivity contribution < 1.29 is 8.42 Å². The molecule has 0 bridgehead atoms. The lowest BCUT2D eigenvalue weighted by molar-refractivity contribution is 0.0922. The third-order valence-electron chi connectivity index (χ3n) is 3.61. The summed E-state index contributed by atoms with van der Waals surface area (Å²) in [7, 11) is -3.43. The fraction of sp³-hybridized carbons (Fsp3) is 0.615. The Bertz CT molecular complexity index is 623. The van der Waals surface area contributed by atoms with Gasteiger partial charge in [0, 0.05) is 31.7 Å². The van der Waals surface area contributed by atoms with E-state index >= 15 is 0 Å². The van der Waals surface area contributed by atoms with Gasteiger partial charge in [0.25, 0.3) is 10.0 Å². The van der Waals surface area contributed by atoms with Crippen LogP contribution in [0.1, 0.15) is 25.6 Å². The molecule has 0 aromatic carbocycles. The topological polar surface area (TPSA) is 66.6 Å². The zero-order valence-electron chi connectivity index (χ0n) is 12.5. The fourth-order valence-electron chi connectivity index (χ4n) is 2.32. The van der Waals surface area contributed by atoms with Gasteiger partial charge < -0.3 is 5.73 Å². The van der Waals surface area contributed by atoms with E-state index < -0.39 is 10.0 Å². The first kappa shape index (κ1) is 16.8. The molecule has 2 N–H and O–H groups in total. The van der Waals surface area contributed by atoms with Crippen LogP contribution in [0.25, 0.3) is 0 Å². The Morgan fingerprint density at radius 2 is 1.81 bits per heavy atom. The van der Waals surface area contributed by atoms with E-state index in [0.717, 1.165) is 24.4 Å². The van der Waals surface area contributed by atoms with Gasteiger partial charge in [-0.25, -0.2) is 8.42 Å². The summed E-state index contributed by atoms with van der Waals surface area (Å²) in [6, 6.07) is 3.26. The average Bonchev–Trinajstić information content (AvgIpc) is 2.88. The quantitative estimate of drug-likeness (QED) is 0.839. The second-order valence-electron chi connectivity index (χ2n) is 6.04. The number of nitrogens with zero attached hydrogens (tertiary/aromatic N) is 2. The van der Waals surface area contributed by atoms with Crippen molar-refractivity contribution in [2.24, 2.45) is 5.73 Å². The maximum atomic E-state index is 12.6. The van der Waals surface area contributed by atoms with Crippen molar-refractivity contribution in [3.8, 4) is 0 Å². The number of sulfonamides is 1. The molecule has 21 heavy (non-hydrogen) atoms. The Morgan fingerprint density at radius 1 is 1.24 bits per heavy atom. The summed E-state index contributed by atoms with van der Waals surface area (Å²) in [4.78, 5) is 3.17. The van der Waals surface area contributed by atoms with Crippen LogP contribution in [0.15, 0.2) is 16.3 Å². The molecule has 8 heteroatoms. The summed E-state index contributed by atoms with van der Waals surface area (Å²) in [5, 5.41) is 0. The van der Waals surface area contributed by atoms with Crippen LogP contribution in [-0.4, -0.2) is 54.3 Å². The smallest absolute Gasteiger partial charge is 0.252 e. The normalized spacial score (nSPS) is 18.8. The fourth-order valence-corrected chi connectivity index (χ4v) is 5.25. The first-order chi connectivity index (χ1) is 9.62. The maximum Gasteiger partial charge on any atom is 0.252 e. The molecule has 1 aliphatic rings. The molecule has 0 radical (unpaired) electrons. The lowest BCUT2D eigenvalue weighted by Gasteiger charge is -2.41. The minimum atomic E-state index is -3.43. The number of thiocarbonyl (C=S) groups is 1. The average molecular weight is 348 g/mol. The van der Waals surface area contributed by atoms with E-state index in [2.05, 4.69) is 25.7 Å². The standard InChI is InChI=1S/C13H21N3O2S3/c1-13(2,3)15-6-8-16(9-7-15)21(17,18)11-5-4-10(20-11)12(14)19/h4-5H,6-9H2,1-3H3,(H2,14,19). The molecule has 0 atom stereocenters. The first-order valence-electron chi connectivity index (χ1n) is 6.77. The summed E-state index contributed by atoms with van der Waals surface area (Å²) >= 11 is 6.02. The Balaban J connectivity index is 2.13. The molecule has 0 aliphatic carbocycles. The highest BCUT2D eigenvalue weighted by Gasteiger charge is 2.32. The van der Waals surface area contributed by atoms with Gasteiger partial charge in [-0.1, -0.05) is 12.2 Å². The van der Waals surface area contributed by atoms with Gasteiger partial charge in [0.1, 0.15) is 9.20 Å². The van der Waals surface area contributed by atoms with Crippen LogP contribution in [0, 0.1) is 0 Å². The molecule has 1 aromatic rings. The minimum Gasteiger partial charge on any atom is -0.389 e. The summed E-state index contributed by atoms with van der Waals surface area (Å²) in [5.41, 5.74) is 5.61. The number of rotatable bonds is 3. The predicted molar refractivity (Wildman–Crippen MR) is 90.3 cm³/mol. The highest BCUT2D eigenvalue weighted by molar-refractivity contribution is 7.91. The van der Waals surface area contributed by atoms with Gasteiger partial charge in [0.2, 0.25) is 0 Å². The van der Waals surface area contributed by atoms with Crippen molar-refractivity contribution >= 4 is 38.6 Å². The molecule has 5 nitrogen and oxygen atoms in total. The SMILES string of the molecule is CC(C)(C)N1CCN(S(=O)(=O)c2ccc(C(N)=S)s2)CC1. The van der Waals surface area contributed by atoms with Crippen LogP contribution in [-0.2, 0) is 10.0 Å².